The number of methoxy groups -OCH3 is 1. The number of rotatable bonds is 6. The van der Waals surface area contributed by atoms with E-state index in [1.807, 2.05) is 24.3 Å². The van der Waals surface area contributed by atoms with Crippen molar-refractivity contribution in [3.05, 3.63) is 48.5 Å². The Bertz CT molecular complexity index is 1080. The van der Waals surface area contributed by atoms with Gasteiger partial charge >= 0.3 is 0 Å². The molecule has 1 aromatic heterocycles. The average Bonchev–Trinajstić information content (AvgIpc) is 3.23. The number of nitrogens with zero attached hydrogens (tertiary/aromatic N) is 3. The Hall–Kier alpha value is -2.49. The molecule has 0 aliphatic carbocycles. The highest BCUT2D eigenvalue weighted by Gasteiger charge is 2.25. The molecule has 2 heterocycles. The van der Waals surface area contributed by atoms with E-state index < -0.39 is 10.0 Å². The minimum Gasteiger partial charge on any atom is -0.497 e. The summed E-state index contributed by atoms with van der Waals surface area (Å²) in [7, 11) is -1.80. The van der Waals surface area contributed by atoms with Crippen LogP contribution in [0.15, 0.2) is 53.4 Å². The van der Waals surface area contributed by atoms with Crippen LogP contribution in [0.25, 0.3) is 10.6 Å². The van der Waals surface area contributed by atoms with Crippen LogP contribution in [0.1, 0.15) is 19.3 Å². The fourth-order valence-corrected chi connectivity index (χ4v) is 5.51. The van der Waals surface area contributed by atoms with Crippen molar-refractivity contribution >= 4 is 32.2 Å². The van der Waals surface area contributed by atoms with Gasteiger partial charge in [0.1, 0.15) is 10.8 Å². The summed E-state index contributed by atoms with van der Waals surface area (Å²) in [6, 6.07) is 14.4. The third kappa shape index (κ3) is 4.42. The van der Waals surface area contributed by atoms with Crippen LogP contribution in [0, 0.1) is 0 Å². The molecule has 0 amide bonds. The largest absolute Gasteiger partial charge is 0.497 e. The van der Waals surface area contributed by atoms with Gasteiger partial charge in [0.25, 0.3) is 0 Å². The molecule has 9 heteroatoms. The topological polar surface area (TPSA) is 84.4 Å². The second-order valence-corrected chi connectivity index (χ2v) is 9.67. The molecule has 1 saturated heterocycles. The number of nitrogens with one attached hydrogen (secondary N) is 1. The van der Waals surface area contributed by atoms with Crippen LogP contribution in [0.3, 0.4) is 0 Å². The Morgan fingerprint density at radius 3 is 2.52 bits per heavy atom. The highest BCUT2D eigenvalue weighted by molar-refractivity contribution is 7.89. The Labute approximate surface area is 174 Å². The molecule has 4 rings (SSSR count). The van der Waals surface area contributed by atoms with Crippen molar-refractivity contribution in [2.45, 2.75) is 24.2 Å². The Kier molecular flexibility index (Phi) is 5.79. The van der Waals surface area contributed by atoms with Crippen LogP contribution in [0.4, 0.5) is 10.8 Å². The molecule has 0 saturated carbocycles. The number of ether oxygens (including phenoxy) is 1. The minimum atomic E-state index is -3.42. The average molecular weight is 431 g/mol. The van der Waals surface area contributed by atoms with Gasteiger partial charge in [0.15, 0.2) is 0 Å². The molecule has 29 heavy (non-hydrogen) atoms. The maximum absolute atomic E-state index is 12.7. The summed E-state index contributed by atoms with van der Waals surface area (Å²) in [6.45, 7) is 1.19. The van der Waals surface area contributed by atoms with Crippen molar-refractivity contribution in [1.82, 2.24) is 14.5 Å². The normalized spacial score (nSPS) is 15.2. The highest BCUT2D eigenvalue weighted by atomic mass is 32.2. The standard InChI is InChI=1S/C20H22N4O3S2/c1-27-17-7-5-6-15(14-17)19-22-23-20(28-19)21-16-8-10-18(11-9-16)29(25,26)24-12-3-2-4-13-24/h5-11,14H,2-4,12-13H2,1H3,(H,21,23). The van der Waals surface area contributed by atoms with Gasteiger partial charge in [0, 0.05) is 24.3 Å². The molecule has 1 aliphatic rings. The first-order valence-electron chi connectivity index (χ1n) is 9.41. The SMILES string of the molecule is COc1cccc(-c2nnc(Nc3ccc(S(=O)(=O)N4CCCCC4)cc3)s2)c1. The Balaban J connectivity index is 1.47. The molecule has 152 valence electrons. The van der Waals surface area contributed by atoms with E-state index in [2.05, 4.69) is 15.5 Å². The second kappa shape index (κ2) is 8.48. The van der Waals surface area contributed by atoms with Crippen molar-refractivity contribution in [1.29, 1.82) is 0 Å². The zero-order valence-electron chi connectivity index (χ0n) is 16.0. The number of piperidine rings is 1. The van der Waals surface area contributed by atoms with Crippen LogP contribution < -0.4 is 10.1 Å². The molecular weight excluding hydrogens is 408 g/mol. The monoisotopic (exact) mass is 430 g/mol. The lowest BCUT2D eigenvalue weighted by molar-refractivity contribution is 0.346. The van der Waals surface area contributed by atoms with Gasteiger partial charge in [-0.15, -0.1) is 10.2 Å². The third-order valence-electron chi connectivity index (χ3n) is 4.80. The van der Waals surface area contributed by atoms with Gasteiger partial charge in [-0.3, -0.25) is 0 Å². The van der Waals surface area contributed by atoms with Gasteiger partial charge in [-0.2, -0.15) is 4.31 Å². The first-order chi connectivity index (χ1) is 14.1. The van der Waals surface area contributed by atoms with Gasteiger partial charge < -0.3 is 10.1 Å². The van der Waals surface area contributed by atoms with E-state index >= 15 is 0 Å². The summed E-state index contributed by atoms with van der Waals surface area (Å²) in [5, 5.41) is 13.0. The number of hydrogen-bond acceptors (Lipinski definition) is 7. The lowest BCUT2D eigenvalue weighted by atomic mass is 10.2. The van der Waals surface area contributed by atoms with E-state index in [0.29, 0.717) is 23.1 Å². The Morgan fingerprint density at radius 2 is 1.79 bits per heavy atom. The van der Waals surface area contributed by atoms with E-state index in [0.717, 1.165) is 41.3 Å². The summed E-state index contributed by atoms with van der Waals surface area (Å²) in [4.78, 5) is 0.319. The molecule has 1 N–H and O–H groups in total. The second-order valence-electron chi connectivity index (χ2n) is 6.76. The van der Waals surface area contributed by atoms with E-state index in [1.54, 1.807) is 35.7 Å². The zero-order chi connectivity index (χ0) is 20.3. The predicted molar refractivity (Wildman–Crippen MR) is 114 cm³/mol. The zero-order valence-corrected chi connectivity index (χ0v) is 17.7. The smallest absolute Gasteiger partial charge is 0.243 e. The number of sulfonamides is 1. The molecule has 1 fully saturated rings. The van der Waals surface area contributed by atoms with Gasteiger partial charge in [-0.1, -0.05) is 29.9 Å². The fraction of sp³-hybridized carbons (Fsp3) is 0.300. The molecule has 3 aromatic rings. The molecule has 0 radical (unpaired) electrons. The number of benzene rings is 2. The molecule has 0 unspecified atom stereocenters. The maximum atomic E-state index is 12.7. The number of aromatic nitrogens is 2. The molecule has 1 aliphatic heterocycles. The molecule has 0 atom stereocenters. The third-order valence-corrected chi connectivity index (χ3v) is 7.60. The summed E-state index contributed by atoms with van der Waals surface area (Å²) in [5.41, 5.74) is 1.69. The van der Waals surface area contributed by atoms with Crippen LogP contribution in [-0.2, 0) is 10.0 Å². The molecule has 0 spiro atoms. The summed E-state index contributed by atoms with van der Waals surface area (Å²) in [6.07, 6.45) is 2.94. The van der Waals surface area contributed by atoms with Crippen molar-refractivity contribution in [3.8, 4) is 16.3 Å². The van der Waals surface area contributed by atoms with E-state index in [1.165, 1.54) is 11.3 Å². The maximum Gasteiger partial charge on any atom is 0.243 e. The van der Waals surface area contributed by atoms with Crippen molar-refractivity contribution in [2.75, 3.05) is 25.5 Å². The van der Waals surface area contributed by atoms with Crippen LogP contribution in [0.2, 0.25) is 0 Å². The summed E-state index contributed by atoms with van der Waals surface area (Å²) in [5.74, 6) is 0.762. The Morgan fingerprint density at radius 1 is 1.03 bits per heavy atom. The quantitative estimate of drug-likeness (QED) is 0.633. The minimum absolute atomic E-state index is 0.319. The van der Waals surface area contributed by atoms with Crippen LogP contribution in [0.5, 0.6) is 5.75 Å². The van der Waals surface area contributed by atoms with Gasteiger partial charge in [0.2, 0.25) is 15.2 Å². The lowest BCUT2D eigenvalue weighted by Gasteiger charge is -2.25. The highest BCUT2D eigenvalue weighted by Crippen LogP contribution is 2.30. The number of hydrogen-bond donors (Lipinski definition) is 1. The summed E-state index contributed by atoms with van der Waals surface area (Å²) < 4.78 is 32.3. The lowest BCUT2D eigenvalue weighted by Crippen LogP contribution is -2.35. The predicted octanol–water partition coefficient (Wildman–Crippen LogP) is 4.13. The van der Waals surface area contributed by atoms with E-state index in [4.69, 9.17) is 4.74 Å². The molecule has 7 nitrogen and oxygen atoms in total. The molecule has 0 bridgehead atoms. The van der Waals surface area contributed by atoms with Gasteiger partial charge in [-0.05, 0) is 49.2 Å². The van der Waals surface area contributed by atoms with Crippen molar-refractivity contribution < 1.29 is 13.2 Å². The van der Waals surface area contributed by atoms with Gasteiger partial charge in [0.05, 0.1) is 12.0 Å². The van der Waals surface area contributed by atoms with Crippen molar-refractivity contribution in [3.63, 3.8) is 0 Å². The van der Waals surface area contributed by atoms with Crippen LogP contribution >= 0.6 is 11.3 Å². The van der Waals surface area contributed by atoms with Gasteiger partial charge in [-0.25, -0.2) is 8.42 Å². The molecular formula is C20H22N4O3S2. The first-order valence-corrected chi connectivity index (χ1v) is 11.7. The van der Waals surface area contributed by atoms with Crippen molar-refractivity contribution in [2.24, 2.45) is 0 Å². The summed E-state index contributed by atoms with van der Waals surface area (Å²) >= 11 is 1.42. The number of anilines is 2. The van der Waals surface area contributed by atoms with Crippen LogP contribution in [-0.4, -0.2) is 43.1 Å². The first kappa shape index (κ1) is 19.8. The fourth-order valence-electron chi connectivity index (χ4n) is 3.23. The molecule has 2 aromatic carbocycles. The van der Waals surface area contributed by atoms with E-state index in [9.17, 15) is 8.42 Å². The van der Waals surface area contributed by atoms with E-state index in [-0.39, 0.29) is 0 Å².